The molecule has 0 aromatic heterocycles. The lowest BCUT2D eigenvalue weighted by molar-refractivity contribution is 1.21. The Kier molecular flexibility index (Phi) is 5.38. The number of benzene rings is 2. The third-order valence-corrected chi connectivity index (χ3v) is 5.60. The maximum Gasteiger partial charge on any atom is 0.00756 e. The van der Waals surface area contributed by atoms with E-state index in [9.17, 15) is 0 Å². The Morgan fingerprint density at radius 1 is 1.12 bits per heavy atom. The average Bonchev–Trinajstić information content (AvgIpc) is 2.90. The zero-order chi connectivity index (χ0) is 18.8. The third kappa shape index (κ3) is 3.64. The molecule has 1 aliphatic rings. The van der Waals surface area contributed by atoms with Crippen LogP contribution in [0.1, 0.15) is 47.2 Å². The molecule has 0 radical (unpaired) electrons. The highest BCUT2D eigenvalue weighted by molar-refractivity contribution is 7.80. The summed E-state index contributed by atoms with van der Waals surface area (Å²) in [5, 5.41) is 0. The van der Waals surface area contributed by atoms with Crippen LogP contribution in [0.25, 0.3) is 17.2 Å². The molecular weight excluding hydrogens is 332 g/mol. The molecule has 132 valence electrons. The Hall–Kier alpha value is -2.25. The van der Waals surface area contributed by atoms with E-state index in [2.05, 4.69) is 94.6 Å². The van der Waals surface area contributed by atoms with Crippen molar-refractivity contribution in [3.63, 3.8) is 0 Å². The fraction of sp³-hybridized carbons (Fsp3) is 0.200. The number of hydrogen-bond donors (Lipinski definition) is 1. The summed E-state index contributed by atoms with van der Waals surface area (Å²) < 4.78 is 0. The van der Waals surface area contributed by atoms with E-state index in [1.54, 1.807) is 0 Å². The fourth-order valence-corrected chi connectivity index (χ4v) is 3.57. The molecule has 0 bridgehead atoms. The molecule has 0 amide bonds. The first-order valence-corrected chi connectivity index (χ1v) is 9.48. The SMILES string of the molecule is C=C1/C(=C/c2cc(/C(C)=C/C=C\C)ccc2C)Cc2cc(C)c(S)cc21. The molecule has 2 aromatic rings. The van der Waals surface area contributed by atoms with Gasteiger partial charge in [-0.05, 0) is 96.3 Å². The lowest BCUT2D eigenvalue weighted by Crippen LogP contribution is -1.88. The van der Waals surface area contributed by atoms with Gasteiger partial charge < -0.3 is 0 Å². The van der Waals surface area contributed by atoms with Crippen molar-refractivity contribution in [2.75, 3.05) is 0 Å². The number of thiol groups is 1. The topological polar surface area (TPSA) is 0 Å². The monoisotopic (exact) mass is 358 g/mol. The first-order valence-electron chi connectivity index (χ1n) is 9.04. The first-order chi connectivity index (χ1) is 12.4. The Labute approximate surface area is 163 Å². The Bertz CT molecular complexity index is 968. The normalized spacial score (nSPS) is 16.0. The zero-order valence-electron chi connectivity index (χ0n) is 16.1. The van der Waals surface area contributed by atoms with Gasteiger partial charge in [-0.25, -0.2) is 0 Å². The van der Waals surface area contributed by atoms with E-state index in [0.717, 1.165) is 16.9 Å². The quantitative estimate of drug-likeness (QED) is 0.434. The summed E-state index contributed by atoms with van der Waals surface area (Å²) in [7, 11) is 0. The summed E-state index contributed by atoms with van der Waals surface area (Å²) in [6.45, 7) is 12.8. The van der Waals surface area contributed by atoms with Crippen LogP contribution in [0.15, 0.2) is 65.6 Å². The van der Waals surface area contributed by atoms with Gasteiger partial charge in [0.25, 0.3) is 0 Å². The molecule has 2 aromatic carbocycles. The van der Waals surface area contributed by atoms with E-state index in [4.69, 9.17) is 0 Å². The lowest BCUT2D eigenvalue weighted by Gasteiger charge is -2.08. The highest BCUT2D eigenvalue weighted by Crippen LogP contribution is 2.39. The Balaban J connectivity index is 1.99. The molecule has 0 saturated carbocycles. The summed E-state index contributed by atoms with van der Waals surface area (Å²) in [5.74, 6) is 0. The van der Waals surface area contributed by atoms with Crippen molar-refractivity contribution < 1.29 is 0 Å². The smallest absolute Gasteiger partial charge is 0.00756 e. The largest absolute Gasteiger partial charge is 0.143 e. The number of allylic oxidation sites excluding steroid dienone is 6. The molecule has 0 atom stereocenters. The van der Waals surface area contributed by atoms with E-state index in [1.165, 1.54) is 44.5 Å². The van der Waals surface area contributed by atoms with Crippen molar-refractivity contribution in [2.45, 2.75) is 39.0 Å². The van der Waals surface area contributed by atoms with E-state index < -0.39 is 0 Å². The van der Waals surface area contributed by atoms with E-state index in [-0.39, 0.29) is 0 Å². The molecular formula is C25H26S. The summed E-state index contributed by atoms with van der Waals surface area (Å²) >= 11 is 4.57. The standard InChI is InChI=1S/C25H26S/c1-6-7-8-16(2)20-10-9-17(3)21(12-20)13-22-14-23-11-18(4)25(26)15-24(23)19(22)5/h6-13,15,26H,5,14H2,1-4H3/b7-6-,16-8+,22-13+. The molecule has 0 fully saturated rings. The van der Waals surface area contributed by atoms with Crippen LogP contribution in [-0.2, 0) is 6.42 Å². The fourth-order valence-electron chi connectivity index (χ4n) is 3.37. The van der Waals surface area contributed by atoms with Crippen molar-refractivity contribution in [1.29, 1.82) is 0 Å². The number of rotatable bonds is 3. The Morgan fingerprint density at radius 2 is 1.88 bits per heavy atom. The highest BCUT2D eigenvalue weighted by Gasteiger charge is 2.20. The number of aryl methyl sites for hydroxylation is 2. The van der Waals surface area contributed by atoms with Crippen molar-refractivity contribution >= 4 is 29.9 Å². The molecule has 1 aliphatic carbocycles. The second kappa shape index (κ2) is 7.55. The number of fused-ring (bicyclic) bond motifs is 1. The molecule has 3 rings (SSSR count). The molecule has 0 aliphatic heterocycles. The molecule has 0 nitrogen and oxygen atoms in total. The van der Waals surface area contributed by atoms with Gasteiger partial charge in [-0.1, -0.05) is 49.1 Å². The van der Waals surface area contributed by atoms with Gasteiger partial charge in [0.15, 0.2) is 0 Å². The predicted octanol–water partition coefficient (Wildman–Crippen LogP) is 7.22. The maximum absolute atomic E-state index is 4.57. The molecule has 0 N–H and O–H groups in total. The number of hydrogen-bond acceptors (Lipinski definition) is 1. The minimum Gasteiger partial charge on any atom is -0.143 e. The van der Waals surface area contributed by atoms with Crippen LogP contribution in [0.3, 0.4) is 0 Å². The van der Waals surface area contributed by atoms with Crippen molar-refractivity contribution in [2.24, 2.45) is 0 Å². The Morgan fingerprint density at radius 3 is 2.62 bits per heavy atom. The molecule has 0 heterocycles. The minimum atomic E-state index is 0.945. The second-order valence-electron chi connectivity index (χ2n) is 7.07. The van der Waals surface area contributed by atoms with Crippen LogP contribution in [0, 0.1) is 13.8 Å². The highest BCUT2D eigenvalue weighted by atomic mass is 32.1. The summed E-state index contributed by atoms with van der Waals surface area (Å²) in [5.41, 5.74) is 11.3. The molecule has 0 spiro atoms. The van der Waals surface area contributed by atoms with Crippen LogP contribution in [-0.4, -0.2) is 0 Å². The summed E-state index contributed by atoms with van der Waals surface area (Å²) in [4.78, 5) is 1.04. The van der Waals surface area contributed by atoms with Crippen molar-refractivity contribution in [3.05, 3.63) is 94.1 Å². The van der Waals surface area contributed by atoms with Crippen LogP contribution >= 0.6 is 12.6 Å². The molecule has 26 heavy (non-hydrogen) atoms. The first kappa shape index (κ1) is 18.5. The van der Waals surface area contributed by atoms with Gasteiger partial charge in [0.1, 0.15) is 0 Å². The van der Waals surface area contributed by atoms with Gasteiger partial charge in [-0.3, -0.25) is 0 Å². The zero-order valence-corrected chi connectivity index (χ0v) is 17.0. The van der Waals surface area contributed by atoms with Crippen LogP contribution in [0.5, 0.6) is 0 Å². The van der Waals surface area contributed by atoms with E-state index >= 15 is 0 Å². The molecule has 1 heteroatoms. The van der Waals surface area contributed by atoms with Gasteiger partial charge in [0, 0.05) is 4.90 Å². The van der Waals surface area contributed by atoms with E-state index in [1.807, 2.05) is 6.92 Å². The maximum atomic E-state index is 4.57. The van der Waals surface area contributed by atoms with Gasteiger partial charge in [0.2, 0.25) is 0 Å². The predicted molar refractivity (Wildman–Crippen MR) is 119 cm³/mol. The van der Waals surface area contributed by atoms with Crippen molar-refractivity contribution in [1.82, 2.24) is 0 Å². The van der Waals surface area contributed by atoms with Gasteiger partial charge in [-0.2, -0.15) is 0 Å². The summed E-state index contributed by atoms with van der Waals surface area (Å²) in [6, 6.07) is 11.1. The summed E-state index contributed by atoms with van der Waals surface area (Å²) in [6.07, 6.45) is 9.54. The van der Waals surface area contributed by atoms with Crippen LogP contribution in [0.4, 0.5) is 0 Å². The molecule has 0 saturated heterocycles. The second-order valence-corrected chi connectivity index (χ2v) is 7.55. The van der Waals surface area contributed by atoms with Crippen LogP contribution < -0.4 is 0 Å². The lowest BCUT2D eigenvalue weighted by atomic mass is 9.97. The van der Waals surface area contributed by atoms with Gasteiger partial charge in [-0.15, -0.1) is 12.6 Å². The molecule has 0 unspecified atom stereocenters. The minimum absolute atomic E-state index is 0.945. The van der Waals surface area contributed by atoms with Crippen molar-refractivity contribution in [3.8, 4) is 0 Å². The van der Waals surface area contributed by atoms with Crippen LogP contribution in [0.2, 0.25) is 0 Å². The van der Waals surface area contributed by atoms with Gasteiger partial charge >= 0.3 is 0 Å². The van der Waals surface area contributed by atoms with E-state index in [0.29, 0.717) is 0 Å². The average molecular weight is 359 g/mol. The third-order valence-electron chi connectivity index (χ3n) is 5.12. The van der Waals surface area contributed by atoms with Gasteiger partial charge in [0.05, 0.1) is 0 Å².